The highest BCUT2D eigenvalue weighted by Gasteiger charge is 2.31. The minimum atomic E-state index is -0.822. The van der Waals surface area contributed by atoms with Crippen LogP contribution in [0, 0.1) is 5.92 Å². The fraction of sp³-hybridized carbons (Fsp3) is 0.923. The zero-order valence-corrected chi connectivity index (χ0v) is 10.5. The van der Waals surface area contributed by atoms with E-state index in [0.717, 1.165) is 25.3 Å². The predicted octanol–water partition coefficient (Wildman–Crippen LogP) is 1.79. The molecule has 2 rings (SSSR count). The second-order valence-corrected chi connectivity index (χ2v) is 5.35. The summed E-state index contributed by atoms with van der Waals surface area (Å²) in [6.45, 7) is 3.00. The Bertz CT molecular complexity index is 265. The van der Waals surface area contributed by atoms with Gasteiger partial charge in [-0.1, -0.05) is 19.8 Å². The molecule has 0 aromatic rings. The largest absolute Gasteiger partial charge is 0.479 e. The number of carboxylic acid groups (broad SMARTS) is 1. The van der Waals surface area contributed by atoms with Gasteiger partial charge in [-0.05, 0) is 31.6 Å². The van der Waals surface area contributed by atoms with Crippen LogP contribution >= 0.6 is 0 Å². The molecule has 0 bridgehead atoms. The number of nitrogens with one attached hydrogen (secondary N) is 1. The molecular weight excluding hydrogens is 218 g/mol. The van der Waals surface area contributed by atoms with Crippen LogP contribution in [0.1, 0.15) is 45.4 Å². The standard InChI is InChI=1S/C13H23NO3/c1-2-10(7-9-3-4-9)14-8-11-5-6-12(17-11)13(15)16/h9-12,14H,2-8H2,1H3,(H,15,16). The van der Waals surface area contributed by atoms with E-state index in [1.54, 1.807) is 0 Å². The summed E-state index contributed by atoms with van der Waals surface area (Å²) < 4.78 is 5.48. The minimum absolute atomic E-state index is 0.0874. The Morgan fingerprint density at radius 3 is 2.71 bits per heavy atom. The van der Waals surface area contributed by atoms with E-state index < -0.39 is 12.1 Å². The molecule has 2 fully saturated rings. The van der Waals surface area contributed by atoms with Crippen LogP contribution in [0.2, 0.25) is 0 Å². The van der Waals surface area contributed by atoms with Crippen molar-refractivity contribution in [1.29, 1.82) is 0 Å². The van der Waals surface area contributed by atoms with E-state index in [1.807, 2.05) is 0 Å². The molecule has 1 aliphatic heterocycles. The Kier molecular flexibility index (Phi) is 4.40. The van der Waals surface area contributed by atoms with Gasteiger partial charge in [0.2, 0.25) is 0 Å². The van der Waals surface area contributed by atoms with Crippen molar-refractivity contribution in [1.82, 2.24) is 5.32 Å². The van der Waals surface area contributed by atoms with Crippen LogP contribution in [0.4, 0.5) is 0 Å². The zero-order chi connectivity index (χ0) is 12.3. The molecule has 0 radical (unpaired) electrons. The number of carboxylic acids is 1. The second kappa shape index (κ2) is 5.83. The van der Waals surface area contributed by atoms with Crippen molar-refractivity contribution >= 4 is 5.97 Å². The third-order valence-corrected chi connectivity index (χ3v) is 3.82. The highest BCUT2D eigenvalue weighted by molar-refractivity contribution is 5.72. The zero-order valence-electron chi connectivity index (χ0n) is 10.5. The lowest BCUT2D eigenvalue weighted by atomic mass is 10.1. The first-order valence-corrected chi connectivity index (χ1v) is 6.80. The SMILES string of the molecule is CCC(CC1CC1)NCC1CCC(C(=O)O)O1. The lowest BCUT2D eigenvalue weighted by molar-refractivity contribution is -0.149. The topological polar surface area (TPSA) is 58.6 Å². The van der Waals surface area contributed by atoms with Gasteiger partial charge in [0, 0.05) is 12.6 Å². The molecule has 4 nitrogen and oxygen atoms in total. The van der Waals surface area contributed by atoms with Crippen LogP contribution in [0.5, 0.6) is 0 Å². The second-order valence-electron chi connectivity index (χ2n) is 5.35. The molecule has 1 saturated carbocycles. The van der Waals surface area contributed by atoms with Gasteiger partial charge in [0.05, 0.1) is 6.10 Å². The average Bonchev–Trinajstić information content (AvgIpc) is 2.99. The summed E-state index contributed by atoms with van der Waals surface area (Å²) in [6.07, 6.45) is 6.22. The number of carbonyl (C=O) groups is 1. The Morgan fingerprint density at radius 1 is 1.41 bits per heavy atom. The molecule has 0 aromatic carbocycles. The maximum atomic E-state index is 10.7. The molecule has 2 N–H and O–H groups in total. The Balaban J connectivity index is 1.65. The number of aliphatic carboxylic acids is 1. The van der Waals surface area contributed by atoms with Crippen molar-refractivity contribution in [3.8, 4) is 0 Å². The summed E-state index contributed by atoms with van der Waals surface area (Å²) >= 11 is 0. The molecule has 1 aliphatic carbocycles. The highest BCUT2D eigenvalue weighted by Crippen LogP contribution is 2.34. The lowest BCUT2D eigenvalue weighted by Crippen LogP contribution is -2.36. The molecule has 98 valence electrons. The maximum absolute atomic E-state index is 10.7. The quantitative estimate of drug-likeness (QED) is 0.713. The van der Waals surface area contributed by atoms with Crippen molar-refractivity contribution < 1.29 is 14.6 Å². The first-order chi connectivity index (χ1) is 8.19. The van der Waals surface area contributed by atoms with Gasteiger partial charge in [-0.3, -0.25) is 0 Å². The first kappa shape index (κ1) is 12.8. The maximum Gasteiger partial charge on any atom is 0.332 e. The monoisotopic (exact) mass is 241 g/mol. The first-order valence-electron chi connectivity index (χ1n) is 6.80. The normalized spacial score (nSPS) is 30.4. The number of hydrogen-bond acceptors (Lipinski definition) is 3. The van der Waals surface area contributed by atoms with Crippen LogP contribution in [-0.4, -0.2) is 35.9 Å². The number of rotatable bonds is 7. The van der Waals surface area contributed by atoms with Crippen LogP contribution in [-0.2, 0) is 9.53 Å². The summed E-state index contributed by atoms with van der Waals surface area (Å²) in [6, 6.07) is 0.579. The van der Waals surface area contributed by atoms with Crippen LogP contribution in [0.3, 0.4) is 0 Å². The van der Waals surface area contributed by atoms with Crippen LogP contribution in [0.15, 0.2) is 0 Å². The van der Waals surface area contributed by atoms with Gasteiger partial charge < -0.3 is 15.2 Å². The van der Waals surface area contributed by atoms with Crippen molar-refractivity contribution in [3.05, 3.63) is 0 Å². The molecular formula is C13H23NO3. The molecule has 0 amide bonds. The van der Waals surface area contributed by atoms with E-state index in [0.29, 0.717) is 12.5 Å². The smallest absolute Gasteiger partial charge is 0.332 e. The summed E-state index contributed by atoms with van der Waals surface area (Å²) in [4.78, 5) is 10.7. The van der Waals surface area contributed by atoms with Gasteiger partial charge in [-0.25, -0.2) is 4.79 Å². The van der Waals surface area contributed by atoms with Gasteiger partial charge >= 0.3 is 5.97 Å². The van der Waals surface area contributed by atoms with Gasteiger partial charge in [0.15, 0.2) is 6.10 Å². The van der Waals surface area contributed by atoms with Crippen LogP contribution in [0.25, 0.3) is 0 Å². The van der Waals surface area contributed by atoms with Gasteiger partial charge in [-0.2, -0.15) is 0 Å². The fourth-order valence-electron chi connectivity index (χ4n) is 2.49. The highest BCUT2D eigenvalue weighted by atomic mass is 16.5. The van der Waals surface area contributed by atoms with E-state index in [4.69, 9.17) is 9.84 Å². The fourth-order valence-corrected chi connectivity index (χ4v) is 2.49. The molecule has 0 spiro atoms. The number of hydrogen-bond donors (Lipinski definition) is 2. The molecule has 1 saturated heterocycles. The Morgan fingerprint density at radius 2 is 2.18 bits per heavy atom. The third kappa shape index (κ3) is 3.96. The Hall–Kier alpha value is -0.610. The molecule has 2 aliphatic rings. The third-order valence-electron chi connectivity index (χ3n) is 3.82. The molecule has 3 unspecified atom stereocenters. The van der Waals surface area contributed by atoms with Crippen molar-refractivity contribution in [2.24, 2.45) is 5.92 Å². The Labute approximate surface area is 103 Å². The molecule has 4 heteroatoms. The molecule has 17 heavy (non-hydrogen) atoms. The van der Waals surface area contributed by atoms with Gasteiger partial charge in [-0.15, -0.1) is 0 Å². The molecule has 0 aromatic heterocycles. The van der Waals surface area contributed by atoms with Gasteiger partial charge in [0.25, 0.3) is 0 Å². The predicted molar refractivity (Wildman–Crippen MR) is 65.0 cm³/mol. The van der Waals surface area contributed by atoms with E-state index in [2.05, 4.69) is 12.2 Å². The summed E-state index contributed by atoms with van der Waals surface area (Å²) in [5.74, 6) is 0.112. The summed E-state index contributed by atoms with van der Waals surface area (Å²) in [5.41, 5.74) is 0. The molecule has 3 atom stereocenters. The van der Waals surface area contributed by atoms with Crippen molar-refractivity contribution in [3.63, 3.8) is 0 Å². The van der Waals surface area contributed by atoms with Gasteiger partial charge in [0.1, 0.15) is 0 Å². The van der Waals surface area contributed by atoms with Crippen molar-refractivity contribution in [2.75, 3.05) is 6.54 Å². The van der Waals surface area contributed by atoms with Crippen LogP contribution < -0.4 is 5.32 Å². The number of ether oxygens (including phenoxy) is 1. The van der Waals surface area contributed by atoms with E-state index in [-0.39, 0.29) is 6.10 Å². The average molecular weight is 241 g/mol. The van der Waals surface area contributed by atoms with Crippen molar-refractivity contribution in [2.45, 2.75) is 63.7 Å². The van der Waals surface area contributed by atoms with E-state index >= 15 is 0 Å². The summed E-state index contributed by atoms with van der Waals surface area (Å²) in [5, 5.41) is 12.4. The summed E-state index contributed by atoms with van der Waals surface area (Å²) in [7, 11) is 0. The lowest BCUT2D eigenvalue weighted by Gasteiger charge is -2.19. The van der Waals surface area contributed by atoms with E-state index in [9.17, 15) is 4.79 Å². The molecule has 1 heterocycles. The minimum Gasteiger partial charge on any atom is -0.479 e. The van der Waals surface area contributed by atoms with E-state index in [1.165, 1.54) is 19.3 Å².